The van der Waals surface area contributed by atoms with Crippen LogP contribution in [0.15, 0.2) is 24.3 Å². The number of rotatable bonds is 4. The van der Waals surface area contributed by atoms with Crippen LogP contribution in [0, 0.1) is 23.4 Å². The van der Waals surface area contributed by atoms with Gasteiger partial charge in [-0.1, -0.05) is 12.2 Å². The van der Waals surface area contributed by atoms with Gasteiger partial charge in [0.05, 0.1) is 0 Å². The minimum Gasteiger partial charge on any atom is -0.312 e. The molecular weight excluding hydrogens is 239 g/mol. The lowest BCUT2D eigenvalue weighted by Crippen LogP contribution is -2.23. The molecule has 18 heavy (non-hydrogen) atoms. The van der Waals surface area contributed by atoms with E-state index < -0.39 is 17.5 Å². The Kier molecular flexibility index (Phi) is 4.42. The van der Waals surface area contributed by atoms with Crippen molar-refractivity contribution < 1.29 is 13.2 Å². The molecule has 1 unspecified atom stereocenters. The molecule has 0 fully saturated rings. The average Bonchev–Trinajstić information content (AvgIpc) is 2.37. The second kappa shape index (κ2) is 6.05. The van der Waals surface area contributed by atoms with Crippen molar-refractivity contribution in [3.8, 4) is 0 Å². The Hall–Kier alpha value is -1.29. The molecule has 98 valence electrons. The van der Waals surface area contributed by atoms with Crippen molar-refractivity contribution in [2.45, 2.75) is 25.8 Å². The molecule has 0 saturated heterocycles. The Balaban J connectivity index is 1.84. The molecule has 0 aliphatic heterocycles. The van der Waals surface area contributed by atoms with E-state index in [1.54, 1.807) is 0 Å². The molecule has 0 saturated carbocycles. The van der Waals surface area contributed by atoms with Crippen molar-refractivity contribution in [1.29, 1.82) is 0 Å². The number of hydrogen-bond donors (Lipinski definition) is 1. The largest absolute Gasteiger partial charge is 0.312 e. The summed E-state index contributed by atoms with van der Waals surface area (Å²) < 4.78 is 38.7. The van der Waals surface area contributed by atoms with Gasteiger partial charge in [0, 0.05) is 6.54 Å². The summed E-state index contributed by atoms with van der Waals surface area (Å²) in [6.45, 7) is 1.17. The third-order valence-corrected chi connectivity index (χ3v) is 3.18. The van der Waals surface area contributed by atoms with Gasteiger partial charge in [0.15, 0.2) is 17.5 Å². The molecule has 4 heteroatoms. The molecule has 1 aromatic carbocycles. The molecule has 1 aromatic rings. The Bertz CT molecular complexity index is 420. The molecule has 0 heterocycles. The Morgan fingerprint density at radius 1 is 1.11 bits per heavy atom. The zero-order valence-corrected chi connectivity index (χ0v) is 10.1. The molecular formula is C14H16F3N. The molecule has 2 rings (SSSR count). The molecule has 0 aromatic heterocycles. The molecule has 1 aliphatic carbocycles. The molecule has 0 radical (unpaired) electrons. The van der Waals surface area contributed by atoms with Crippen molar-refractivity contribution in [2.75, 3.05) is 6.54 Å². The van der Waals surface area contributed by atoms with Crippen molar-refractivity contribution in [3.05, 3.63) is 47.3 Å². The highest BCUT2D eigenvalue weighted by Crippen LogP contribution is 2.17. The van der Waals surface area contributed by atoms with Crippen molar-refractivity contribution in [3.63, 3.8) is 0 Å². The standard InChI is InChI=1S/C14H16F3N/c15-12-6-11(7-13(16)14(12)17)9-18-8-10-4-2-1-3-5-10/h1-2,6-7,10,18H,3-5,8-9H2. The zero-order valence-electron chi connectivity index (χ0n) is 10.1. The number of hydrogen-bond acceptors (Lipinski definition) is 1. The molecule has 1 nitrogen and oxygen atoms in total. The summed E-state index contributed by atoms with van der Waals surface area (Å²) in [5.74, 6) is -3.10. The first-order valence-electron chi connectivity index (χ1n) is 6.16. The molecule has 1 aliphatic rings. The van der Waals surface area contributed by atoms with E-state index in [9.17, 15) is 13.2 Å². The first kappa shape index (κ1) is 13.1. The highest BCUT2D eigenvalue weighted by Gasteiger charge is 2.12. The van der Waals surface area contributed by atoms with Crippen molar-refractivity contribution in [1.82, 2.24) is 5.32 Å². The second-order valence-electron chi connectivity index (χ2n) is 4.65. The van der Waals surface area contributed by atoms with Gasteiger partial charge in [-0.25, -0.2) is 13.2 Å². The van der Waals surface area contributed by atoms with E-state index in [0.29, 0.717) is 18.0 Å². The second-order valence-corrected chi connectivity index (χ2v) is 4.65. The SMILES string of the molecule is Fc1cc(CNCC2CC=CCC2)cc(F)c1F. The maximum absolute atomic E-state index is 13.0. The van der Waals surface area contributed by atoms with Crippen LogP contribution in [0.4, 0.5) is 13.2 Å². The molecule has 1 N–H and O–H groups in total. The highest BCUT2D eigenvalue weighted by molar-refractivity contribution is 5.19. The van der Waals surface area contributed by atoms with Gasteiger partial charge in [-0.3, -0.25) is 0 Å². The van der Waals surface area contributed by atoms with E-state index in [0.717, 1.165) is 37.9 Å². The average molecular weight is 255 g/mol. The fourth-order valence-corrected chi connectivity index (χ4v) is 2.17. The van der Waals surface area contributed by atoms with Gasteiger partial charge in [-0.2, -0.15) is 0 Å². The summed E-state index contributed by atoms with van der Waals surface area (Å²) in [7, 11) is 0. The van der Waals surface area contributed by atoms with Gasteiger partial charge in [0.25, 0.3) is 0 Å². The first-order valence-corrected chi connectivity index (χ1v) is 6.16. The summed E-state index contributed by atoms with van der Waals surface area (Å²) >= 11 is 0. The van der Waals surface area contributed by atoms with Gasteiger partial charge in [0.1, 0.15) is 0 Å². The number of halogens is 3. The van der Waals surface area contributed by atoms with Crippen LogP contribution in [-0.4, -0.2) is 6.54 Å². The minimum atomic E-state index is -1.41. The smallest absolute Gasteiger partial charge is 0.194 e. The number of allylic oxidation sites excluding steroid dienone is 2. The van der Waals surface area contributed by atoms with E-state index in [1.165, 1.54) is 0 Å². The summed E-state index contributed by atoms with van der Waals surface area (Å²) in [5.41, 5.74) is 0.428. The fourth-order valence-electron chi connectivity index (χ4n) is 2.17. The molecule has 1 atom stereocenters. The van der Waals surface area contributed by atoms with E-state index in [2.05, 4.69) is 17.5 Å². The van der Waals surface area contributed by atoms with Crippen molar-refractivity contribution in [2.24, 2.45) is 5.92 Å². The predicted molar refractivity (Wildman–Crippen MR) is 64.5 cm³/mol. The first-order chi connectivity index (χ1) is 8.66. The van der Waals surface area contributed by atoms with Gasteiger partial charge in [-0.15, -0.1) is 0 Å². The Morgan fingerprint density at radius 2 is 1.83 bits per heavy atom. The maximum atomic E-state index is 13.0. The number of benzene rings is 1. The van der Waals surface area contributed by atoms with E-state index in [1.807, 2.05) is 0 Å². The monoisotopic (exact) mass is 255 g/mol. The summed E-state index contributed by atoms with van der Waals surface area (Å²) in [6.07, 6.45) is 7.59. The Morgan fingerprint density at radius 3 is 2.44 bits per heavy atom. The van der Waals surface area contributed by atoms with Crippen LogP contribution >= 0.6 is 0 Å². The van der Waals surface area contributed by atoms with E-state index >= 15 is 0 Å². The Labute approximate surface area is 105 Å². The maximum Gasteiger partial charge on any atom is 0.194 e. The third kappa shape index (κ3) is 3.35. The lowest BCUT2D eigenvalue weighted by molar-refractivity contribution is 0.432. The predicted octanol–water partition coefficient (Wildman–Crippen LogP) is 3.55. The van der Waals surface area contributed by atoms with Crippen LogP contribution in [-0.2, 0) is 6.54 Å². The normalized spacial score (nSPS) is 19.2. The lowest BCUT2D eigenvalue weighted by atomic mass is 9.94. The zero-order chi connectivity index (χ0) is 13.0. The van der Waals surface area contributed by atoms with E-state index in [-0.39, 0.29) is 0 Å². The highest BCUT2D eigenvalue weighted by atomic mass is 19.2. The topological polar surface area (TPSA) is 12.0 Å². The summed E-state index contributed by atoms with van der Waals surface area (Å²) in [5, 5.41) is 3.16. The van der Waals surface area contributed by atoms with Gasteiger partial charge < -0.3 is 5.32 Å². The van der Waals surface area contributed by atoms with Gasteiger partial charge >= 0.3 is 0 Å². The lowest BCUT2D eigenvalue weighted by Gasteiger charge is -2.18. The molecule has 0 amide bonds. The summed E-state index contributed by atoms with van der Waals surface area (Å²) in [6, 6.07) is 2.07. The van der Waals surface area contributed by atoms with Crippen LogP contribution in [0.2, 0.25) is 0 Å². The van der Waals surface area contributed by atoms with Crippen LogP contribution in [0.1, 0.15) is 24.8 Å². The van der Waals surface area contributed by atoms with E-state index in [4.69, 9.17) is 0 Å². The third-order valence-electron chi connectivity index (χ3n) is 3.18. The molecule has 0 spiro atoms. The van der Waals surface area contributed by atoms with Gasteiger partial charge in [0.2, 0.25) is 0 Å². The number of nitrogens with one attached hydrogen (secondary N) is 1. The fraction of sp³-hybridized carbons (Fsp3) is 0.429. The summed E-state index contributed by atoms with van der Waals surface area (Å²) in [4.78, 5) is 0. The van der Waals surface area contributed by atoms with Gasteiger partial charge in [-0.05, 0) is 49.4 Å². The minimum absolute atomic E-state index is 0.355. The quantitative estimate of drug-likeness (QED) is 0.641. The van der Waals surface area contributed by atoms with Crippen LogP contribution in [0.5, 0.6) is 0 Å². The molecule has 0 bridgehead atoms. The van der Waals surface area contributed by atoms with Crippen LogP contribution in [0.3, 0.4) is 0 Å². The van der Waals surface area contributed by atoms with Crippen LogP contribution in [0.25, 0.3) is 0 Å². The van der Waals surface area contributed by atoms with Crippen molar-refractivity contribution >= 4 is 0 Å². The van der Waals surface area contributed by atoms with Crippen LogP contribution < -0.4 is 5.32 Å².